The van der Waals surface area contributed by atoms with E-state index >= 15 is 0 Å². The Kier molecular flexibility index (Phi) is 2.20. The first-order valence-electron chi connectivity index (χ1n) is 7.17. The molecule has 1 saturated carbocycles. The van der Waals surface area contributed by atoms with E-state index in [2.05, 4.69) is 0 Å². The summed E-state index contributed by atoms with van der Waals surface area (Å²) in [7, 11) is 0. The van der Waals surface area contributed by atoms with Gasteiger partial charge in [-0.3, -0.25) is 4.79 Å². The monoisotopic (exact) mass is 278 g/mol. The van der Waals surface area contributed by atoms with Gasteiger partial charge in [-0.1, -0.05) is 13.0 Å². The van der Waals surface area contributed by atoms with Crippen LogP contribution in [0.4, 0.5) is 0 Å². The van der Waals surface area contributed by atoms with Crippen molar-refractivity contribution in [1.29, 1.82) is 0 Å². The molecule has 1 spiro atoms. The SMILES string of the molecule is C[C@@H]1C[C@H]2OC(=O)[C@@]3(CO3)[C@H]2[C@@H](O)[C@]2(C)C(=O)C=C[C@@H]12. The summed E-state index contributed by atoms with van der Waals surface area (Å²) >= 11 is 0. The highest BCUT2D eigenvalue weighted by Crippen LogP contribution is 2.57. The third kappa shape index (κ3) is 1.21. The summed E-state index contributed by atoms with van der Waals surface area (Å²) in [4.78, 5) is 24.3. The van der Waals surface area contributed by atoms with Crippen molar-refractivity contribution in [2.45, 2.75) is 38.1 Å². The Morgan fingerprint density at radius 1 is 1.40 bits per heavy atom. The molecular formula is C15H18O5. The van der Waals surface area contributed by atoms with Crippen LogP contribution >= 0.6 is 0 Å². The lowest BCUT2D eigenvalue weighted by Gasteiger charge is -2.37. The number of hydrogen-bond donors (Lipinski definition) is 1. The van der Waals surface area contributed by atoms with Crippen LogP contribution in [0.15, 0.2) is 12.2 Å². The molecule has 20 heavy (non-hydrogen) atoms. The van der Waals surface area contributed by atoms with Gasteiger partial charge in [0.05, 0.1) is 24.0 Å². The van der Waals surface area contributed by atoms with E-state index in [1.807, 2.05) is 19.9 Å². The Bertz CT molecular complexity index is 534. The summed E-state index contributed by atoms with van der Waals surface area (Å²) in [5.41, 5.74) is -1.86. The number of fused-ring (bicyclic) bond motifs is 3. The number of epoxide rings is 1. The summed E-state index contributed by atoms with van der Waals surface area (Å²) < 4.78 is 10.8. The first-order chi connectivity index (χ1) is 9.41. The first kappa shape index (κ1) is 12.5. The van der Waals surface area contributed by atoms with Crippen molar-refractivity contribution in [3.8, 4) is 0 Å². The van der Waals surface area contributed by atoms with Crippen LogP contribution in [-0.2, 0) is 19.1 Å². The molecule has 0 amide bonds. The minimum absolute atomic E-state index is 0.00916. The van der Waals surface area contributed by atoms with E-state index in [0.29, 0.717) is 13.0 Å². The summed E-state index contributed by atoms with van der Waals surface area (Å²) in [6.07, 6.45) is 2.87. The molecule has 2 saturated heterocycles. The Morgan fingerprint density at radius 3 is 2.75 bits per heavy atom. The molecule has 3 fully saturated rings. The van der Waals surface area contributed by atoms with Crippen molar-refractivity contribution < 1.29 is 24.2 Å². The standard InChI is InChI=1S/C15H18O5/c1-7-5-9-11(15(6-19-15)13(18)20-9)12(17)14(2)8(7)3-4-10(14)16/h3-4,7-9,11-12,17H,5-6H2,1-2H3/t7-,8+,9-,11-,12-,14+,15-/m1/s1. The van der Waals surface area contributed by atoms with Gasteiger partial charge in [-0.2, -0.15) is 0 Å². The maximum Gasteiger partial charge on any atom is 0.341 e. The van der Waals surface area contributed by atoms with E-state index in [-0.39, 0.29) is 29.7 Å². The Labute approximate surface area is 116 Å². The van der Waals surface area contributed by atoms with Gasteiger partial charge in [0.2, 0.25) is 0 Å². The average Bonchev–Trinajstić information content (AvgIpc) is 3.07. The molecule has 0 aromatic heterocycles. The van der Waals surface area contributed by atoms with Gasteiger partial charge in [0, 0.05) is 0 Å². The van der Waals surface area contributed by atoms with Crippen LogP contribution in [0.1, 0.15) is 20.3 Å². The molecule has 108 valence electrons. The second-order valence-electron chi connectivity index (χ2n) is 6.84. The third-order valence-electron chi connectivity index (χ3n) is 5.85. The van der Waals surface area contributed by atoms with Crippen molar-refractivity contribution in [3.63, 3.8) is 0 Å². The van der Waals surface area contributed by atoms with Crippen LogP contribution in [0.3, 0.4) is 0 Å². The molecule has 0 aromatic rings. The van der Waals surface area contributed by atoms with Gasteiger partial charge >= 0.3 is 5.97 Å². The van der Waals surface area contributed by atoms with Gasteiger partial charge in [-0.25, -0.2) is 4.79 Å². The van der Waals surface area contributed by atoms with Gasteiger partial charge in [-0.05, 0) is 31.3 Å². The van der Waals surface area contributed by atoms with E-state index in [4.69, 9.17) is 9.47 Å². The van der Waals surface area contributed by atoms with Gasteiger partial charge in [-0.15, -0.1) is 0 Å². The number of allylic oxidation sites excluding steroid dienone is 2. The number of ether oxygens (including phenoxy) is 2. The normalized spacial score (nSPS) is 56.5. The molecule has 2 aliphatic carbocycles. The van der Waals surface area contributed by atoms with Crippen molar-refractivity contribution in [2.24, 2.45) is 23.2 Å². The maximum absolute atomic E-state index is 12.3. The van der Waals surface area contributed by atoms with Crippen LogP contribution in [0.5, 0.6) is 0 Å². The summed E-state index contributed by atoms with van der Waals surface area (Å²) in [5, 5.41) is 10.9. The number of esters is 1. The summed E-state index contributed by atoms with van der Waals surface area (Å²) in [5.74, 6) is -0.702. The lowest BCUT2D eigenvalue weighted by molar-refractivity contribution is -0.146. The predicted molar refractivity (Wildman–Crippen MR) is 67.6 cm³/mol. The quantitative estimate of drug-likeness (QED) is 0.514. The fourth-order valence-corrected chi connectivity index (χ4v) is 4.53. The zero-order valence-electron chi connectivity index (χ0n) is 11.5. The minimum Gasteiger partial charge on any atom is -0.460 e. The molecular weight excluding hydrogens is 260 g/mol. The smallest absolute Gasteiger partial charge is 0.341 e. The lowest BCUT2D eigenvalue weighted by Crippen LogP contribution is -2.50. The highest BCUT2D eigenvalue weighted by molar-refractivity contribution is 5.98. The van der Waals surface area contributed by atoms with Crippen LogP contribution in [0, 0.1) is 23.2 Å². The van der Waals surface area contributed by atoms with Crippen molar-refractivity contribution in [2.75, 3.05) is 6.61 Å². The molecule has 4 aliphatic rings. The van der Waals surface area contributed by atoms with Crippen LogP contribution in [0.2, 0.25) is 0 Å². The topological polar surface area (TPSA) is 76.1 Å². The van der Waals surface area contributed by atoms with Crippen molar-refractivity contribution in [3.05, 3.63) is 12.2 Å². The molecule has 2 aliphatic heterocycles. The highest BCUT2D eigenvalue weighted by Gasteiger charge is 2.73. The largest absolute Gasteiger partial charge is 0.460 e. The van der Waals surface area contributed by atoms with Crippen LogP contribution in [0.25, 0.3) is 0 Å². The molecule has 4 rings (SSSR count). The zero-order chi connectivity index (χ0) is 14.3. The fourth-order valence-electron chi connectivity index (χ4n) is 4.53. The Hall–Kier alpha value is -1.20. The number of rotatable bonds is 0. The van der Waals surface area contributed by atoms with Crippen LogP contribution < -0.4 is 0 Å². The van der Waals surface area contributed by atoms with E-state index in [9.17, 15) is 14.7 Å². The molecule has 0 unspecified atom stereocenters. The molecule has 0 bridgehead atoms. The maximum atomic E-state index is 12.3. The van der Waals surface area contributed by atoms with Gasteiger partial charge < -0.3 is 14.6 Å². The molecule has 0 aromatic carbocycles. The van der Waals surface area contributed by atoms with E-state index < -0.39 is 23.0 Å². The van der Waals surface area contributed by atoms with Gasteiger partial charge in [0.15, 0.2) is 11.4 Å². The van der Waals surface area contributed by atoms with Crippen molar-refractivity contribution >= 4 is 11.8 Å². The average molecular weight is 278 g/mol. The minimum atomic E-state index is -0.995. The number of carbonyl (C=O) groups excluding carboxylic acids is 2. The molecule has 7 atom stereocenters. The third-order valence-corrected chi connectivity index (χ3v) is 5.85. The Morgan fingerprint density at radius 2 is 2.10 bits per heavy atom. The predicted octanol–water partition coefficient (Wildman–Crippen LogP) is 0.459. The number of hydrogen-bond acceptors (Lipinski definition) is 5. The fraction of sp³-hybridized carbons (Fsp3) is 0.733. The molecule has 1 N–H and O–H groups in total. The van der Waals surface area contributed by atoms with E-state index in [0.717, 1.165) is 0 Å². The van der Waals surface area contributed by atoms with Gasteiger partial charge in [0.25, 0.3) is 0 Å². The lowest BCUT2D eigenvalue weighted by atomic mass is 9.66. The zero-order valence-corrected chi connectivity index (χ0v) is 11.5. The molecule has 5 heteroatoms. The molecule has 2 heterocycles. The molecule has 5 nitrogen and oxygen atoms in total. The number of aliphatic hydroxyl groups is 1. The van der Waals surface area contributed by atoms with Gasteiger partial charge in [0.1, 0.15) is 6.10 Å². The first-order valence-corrected chi connectivity index (χ1v) is 7.17. The number of carbonyl (C=O) groups is 2. The van der Waals surface area contributed by atoms with Crippen molar-refractivity contribution in [1.82, 2.24) is 0 Å². The second-order valence-corrected chi connectivity index (χ2v) is 6.84. The van der Waals surface area contributed by atoms with E-state index in [1.54, 1.807) is 6.08 Å². The van der Waals surface area contributed by atoms with Crippen LogP contribution in [-0.4, -0.2) is 41.3 Å². The summed E-state index contributed by atoms with van der Waals surface area (Å²) in [6, 6.07) is 0. The second kappa shape index (κ2) is 3.52. The Balaban J connectivity index is 1.82. The van der Waals surface area contributed by atoms with E-state index in [1.165, 1.54) is 0 Å². The number of aliphatic hydroxyl groups excluding tert-OH is 1. The highest BCUT2D eigenvalue weighted by atomic mass is 16.7. The number of ketones is 1. The molecule has 0 radical (unpaired) electrons. The summed E-state index contributed by atoms with van der Waals surface area (Å²) in [6.45, 7) is 4.15.